The van der Waals surface area contributed by atoms with Crippen molar-refractivity contribution in [3.05, 3.63) is 29.8 Å². The van der Waals surface area contributed by atoms with Crippen LogP contribution in [0, 0.1) is 5.92 Å². The molecule has 1 rings (SSSR count). The topological polar surface area (TPSA) is 75.1 Å². The highest BCUT2D eigenvalue weighted by Crippen LogP contribution is 2.13. The third-order valence-corrected chi connectivity index (χ3v) is 4.04. The number of hydrogen-bond acceptors (Lipinski definition) is 4. The molecule has 1 unspecified atom stereocenters. The van der Waals surface area contributed by atoms with Crippen LogP contribution >= 0.6 is 24.0 Å². The molecule has 0 bridgehead atoms. The fourth-order valence-electron chi connectivity index (χ4n) is 2.63. The second-order valence-corrected chi connectivity index (χ2v) is 6.23. The average molecular weight is 493 g/mol. The number of aliphatic hydroxyl groups is 1. The van der Waals surface area contributed by atoms with Crippen LogP contribution in [0.3, 0.4) is 0 Å². The Bertz CT molecular complexity index is 492. The lowest BCUT2D eigenvalue weighted by atomic mass is 10.0. The molecule has 0 saturated carbocycles. The number of ether oxygens (including phenoxy) is 2. The van der Waals surface area contributed by atoms with E-state index < -0.39 is 0 Å². The minimum absolute atomic E-state index is 0. The largest absolute Gasteiger partial charge is 0.491 e. The van der Waals surface area contributed by atoms with Gasteiger partial charge in [0.2, 0.25) is 0 Å². The van der Waals surface area contributed by atoms with Crippen LogP contribution in [0.15, 0.2) is 29.3 Å². The highest BCUT2D eigenvalue weighted by Gasteiger charge is 2.08. The molecule has 0 aliphatic heterocycles. The first-order valence-electron chi connectivity index (χ1n) is 9.57. The lowest BCUT2D eigenvalue weighted by Gasteiger charge is -2.18. The van der Waals surface area contributed by atoms with Crippen molar-refractivity contribution in [3.8, 4) is 5.75 Å². The number of benzene rings is 1. The Balaban J connectivity index is 0.00000676. The van der Waals surface area contributed by atoms with E-state index in [0.29, 0.717) is 25.7 Å². The number of methoxy groups -OCH3 is 1. The number of aliphatic hydroxyl groups excluding tert-OH is 1. The molecular formula is C20H36IN3O3. The Morgan fingerprint density at radius 2 is 1.85 bits per heavy atom. The second kappa shape index (κ2) is 17.1. The Kier molecular flexibility index (Phi) is 16.4. The Morgan fingerprint density at radius 1 is 1.11 bits per heavy atom. The summed E-state index contributed by atoms with van der Waals surface area (Å²) >= 11 is 0. The van der Waals surface area contributed by atoms with Gasteiger partial charge in [0.05, 0.1) is 13.2 Å². The Hall–Kier alpha value is -1.06. The van der Waals surface area contributed by atoms with E-state index in [0.717, 1.165) is 49.6 Å². The summed E-state index contributed by atoms with van der Waals surface area (Å²) in [6, 6.07) is 7.97. The Labute approximate surface area is 181 Å². The number of guanidine groups is 1. The van der Waals surface area contributed by atoms with Crippen molar-refractivity contribution in [2.75, 3.05) is 40.0 Å². The number of nitrogens with zero attached hydrogens (tertiary/aromatic N) is 1. The number of hydrogen-bond donors (Lipinski definition) is 3. The van der Waals surface area contributed by atoms with Crippen molar-refractivity contribution in [1.29, 1.82) is 0 Å². The van der Waals surface area contributed by atoms with Gasteiger partial charge in [-0.2, -0.15) is 0 Å². The van der Waals surface area contributed by atoms with E-state index in [1.807, 2.05) is 24.3 Å². The predicted molar refractivity (Wildman–Crippen MR) is 122 cm³/mol. The van der Waals surface area contributed by atoms with Gasteiger partial charge < -0.3 is 25.2 Å². The molecule has 0 radical (unpaired) electrons. The lowest BCUT2D eigenvalue weighted by Crippen LogP contribution is -2.40. The molecule has 1 aromatic rings. The maximum atomic E-state index is 9.18. The zero-order valence-corrected chi connectivity index (χ0v) is 19.2. The monoisotopic (exact) mass is 493 g/mol. The van der Waals surface area contributed by atoms with E-state index in [2.05, 4.69) is 29.5 Å². The molecule has 0 aromatic heterocycles. The molecule has 0 heterocycles. The lowest BCUT2D eigenvalue weighted by molar-refractivity contribution is 0.146. The van der Waals surface area contributed by atoms with E-state index in [4.69, 9.17) is 9.47 Å². The minimum atomic E-state index is 0. The molecule has 1 aromatic carbocycles. The van der Waals surface area contributed by atoms with Gasteiger partial charge in [-0.25, -0.2) is 4.99 Å². The molecule has 156 valence electrons. The SMILES string of the molecule is CCCC(CCO)CNC(=NCc1ccc(OCCOC)cc1)NCC.I. The summed E-state index contributed by atoms with van der Waals surface area (Å²) in [4.78, 5) is 4.65. The van der Waals surface area contributed by atoms with Crippen LogP contribution in [0.4, 0.5) is 0 Å². The van der Waals surface area contributed by atoms with Crippen LogP contribution in [-0.2, 0) is 11.3 Å². The number of rotatable bonds is 13. The number of aliphatic imine (C=N–C) groups is 1. The van der Waals surface area contributed by atoms with Crippen LogP contribution in [0.2, 0.25) is 0 Å². The van der Waals surface area contributed by atoms with Crippen LogP contribution in [0.5, 0.6) is 5.75 Å². The zero-order valence-electron chi connectivity index (χ0n) is 16.9. The highest BCUT2D eigenvalue weighted by atomic mass is 127. The van der Waals surface area contributed by atoms with E-state index in [-0.39, 0.29) is 30.6 Å². The molecule has 0 spiro atoms. The van der Waals surface area contributed by atoms with Gasteiger partial charge in [0, 0.05) is 26.8 Å². The summed E-state index contributed by atoms with van der Waals surface area (Å²) in [6.45, 7) is 7.84. The van der Waals surface area contributed by atoms with Gasteiger partial charge in [-0.15, -0.1) is 24.0 Å². The maximum Gasteiger partial charge on any atom is 0.191 e. The van der Waals surface area contributed by atoms with Crippen molar-refractivity contribution in [2.24, 2.45) is 10.9 Å². The van der Waals surface area contributed by atoms with Crippen LogP contribution < -0.4 is 15.4 Å². The molecule has 6 nitrogen and oxygen atoms in total. The van der Waals surface area contributed by atoms with Gasteiger partial charge in [-0.05, 0) is 43.4 Å². The molecule has 0 aliphatic rings. The van der Waals surface area contributed by atoms with Crippen molar-refractivity contribution in [2.45, 2.75) is 39.7 Å². The molecule has 1 atom stereocenters. The Morgan fingerprint density at radius 3 is 2.44 bits per heavy atom. The standard InChI is InChI=1S/C20H35N3O3.HI/c1-4-6-17(11-12-24)15-22-20(21-5-2)23-16-18-7-9-19(10-8-18)26-14-13-25-3;/h7-10,17,24H,4-6,11-16H2,1-3H3,(H2,21,22,23);1H. The first-order valence-corrected chi connectivity index (χ1v) is 9.57. The van der Waals surface area contributed by atoms with E-state index >= 15 is 0 Å². The molecule has 0 amide bonds. The summed E-state index contributed by atoms with van der Waals surface area (Å²) in [5.41, 5.74) is 1.13. The van der Waals surface area contributed by atoms with Gasteiger partial charge in [0.15, 0.2) is 5.96 Å². The van der Waals surface area contributed by atoms with Gasteiger partial charge in [-0.1, -0.05) is 25.5 Å². The number of nitrogens with one attached hydrogen (secondary N) is 2. The zero-order chi connectivity index (χ0) is 19.0. The fourth-order valence-corrected chi connectivity index (χ4v) is 2.63. The average Bonchev–Trinajstić information content (AvgIpc) is 2.65. The maximum absolute atomic E-state index is 9.18. The van der Waals surface area contributed by atoms with Crippen molar-refractivity contribution < 1.29 is 14.6 Å². The van der Waals surface area contributed by atoms with Gasteiger partial charge >= 0.3 is 0 Å². The molecule has 0 saturated heterocycles. The third-order valence-electron chi connectivity index (χ3n) is 4.04. The molecule has 7 heteroatoms. The normalized spacial score (nSPS) is 12.2. The van der Waals surface area contributed by atoms with Crippen LogP contribution in [0.25, 0.3) is 0 Å². The summed E-state index contributed by atoms with van der Waals surface area (Å²) in [6.07, 6.45) is 3.06. The summed E-state index contributed by atoms with van der Waals surface area (Å²) in [5, 5.41) is 15.9. The summed E-state index contributed by atoms with van der Waals surface area (Å²) in [7, 11) is 1.66. The fraction of sp³-hybridized carbons (Fsp3) is 0.650. The summed E-state index contributed by atoms with van der Waals surface area (Å²) < 4.78 is 10.5. The highest BCUT2D eigenvalue weighted by molar-refractivity contribution is 14.0. The van der Waals surface area contributed by atoms with E-state index in [1.165, 1.54) is 0 Å². The second-order valence-electron chi connectivity index (χ2n) is 6.23. The molecule has 0 aliphatic carbocycles. The summed E-state index contributed by atoms with van der Waals surface area (Å²) in [5.74, 6) is 2.12. The smallest absolute Gasteiger partial charge is 0.191 e. The molecule has 0 fully saturated rings. The van der Waals surface area contributed by atoms with Gasteiger partial charge in [0.1, 0.15) is 12.4 Å². The van der Waals surface area contributed by atoms with E-state index in [9.17, 15) is 5.11 Å². The molecule has 3 N–H and O–H groups in total. The van der Waals surface area contributed by atoms with E-state index in [1.54, 1.807) is 7.11 Å². The third kappa shape index (κ3) is 12.1. The van der Waals surface area contributed by atoms with Crippen LogP contribution in [-0.4, -0.2) is 51.1 Å². The predicted octanol–water partition coefficient (Wildman–Crippen LogP) is 3.18. The first kappa shape index (κ1) is 25.9. The quantitative estimate of drug-likeness (QED) is 0.170. The van der Waals surface area contributed by atoms with Gasteiger partial charge in [0.25, 0.3) is 0 Å². The number of halogens is 1. The van der Waals surface area contributed by atoms with Crippen molar-refractivity contribution in [1.82, 2.24) is 10.6 Å². The molecular weight excluding hydrogens is 457 g/mol. The van der Waals surface area contributed by atoms with Crippen molar-refractivity contribution >= 4 is 29.9 Å². The minimum Gasteiger partial charge on any atom is -0.491 e. The van der Waals surface area contributed by atoms with Gasteiger partial charge in [-0.3, -0.25) is 0 Å². The van der Waals surface area contributed by atoms with Crippen LogP contribution in [0.1, 0.15) is 38.7 Å². The van der Waals surface area contributed by atoms with Crippen molar-refractivity contribution in [3.63, 3.8) is 0 Å². The molecule has 27 heavy (non-hydrogen) atoms. The first-order chi connectivity index (χ1) is 12.7.